The van der Waals surface area contributed by atoms with Crippen LogP contribution in [0.15, 0.2) is 158 Å². The molecular formula is C44H28BClF2N8O2. The number of halogens is 3. The summed E-state index contributed by atoms with van der Waals surface area (Å²) in [6.45, 7) is 7.18. The number of rotatable bonds is 6. The van der Waals surface area contributed by atoms with Gasteiger partial charge >= 0.3 is 7.12 Å². The third kappa shape index (κ3) is 10.4. The summed E-state index contributed by atoms with van der Waals surface area (Å²) in [6, 6.07) is 47.7. The molecule has 10 nitrogen and oxygen atoms in total. The van der Waals surface area contributed by atoms with Crippen LogP contribution in [-0.4, -0.2) is 47.1 Å². The summed E-state index contributed by atoms with van der Waals surface area (Å²) < 4.78 is 27.2. The molecule has 58 heavy (non-hydrogen) atoms. The highest BCUT2D eigenvalue weighted by Crippen LogP contribution is 2.29. The standard InChI is InChI=1S/C22H13FN4.C15H10ClN3.C7H5BFNO2/c1-24-17-12-13-19(23)18(14-17)22-26-20(15-8-4-2-5-9-15)25-21(27-22)16-10-6-3-7-11-16;16-15-18-13(11-7-3-1-4-8-11)17-14(19-15)12-9-5-2-6-10-12;9-7-2-1-5(4-10)3-6(7)8(11)12/h2-14H;1-10H;1-3,11-12H. The van der Waals surface area contributed by atoms with Gasteiger partial charge in [0.25, 0.3) is 0 Å². The van der Waals surface area contributed by atoms with Gasteiger partial charge in [0.05, 0.1) is 18.2 Å². The normalized spacial score (nSPS) is 10.1. The van der Waals surface area contributed by atoms with E-state index in [1.54, 1.807) is 6.07 Å². The van der Waals surface area contributed by atoms with E-state index in [0.29, 0.717) is 29.0 Å². The van der Waals surface area contributed by atoms with Gasteiger partial charge in [-0.1, -0.05) is 127 Å². The zero-order chi connectivity index (χ0) is 40.9. The number of hydrogen-bond donors (Lipinski definition) is 2. The fraction of sp³-hybridized carbons (Fsp3) is 0. The largest absolute Gasteiger partial charge is 0.491 e. The van der Waals surface area contributed by atoms with Gasteiger partial charge in [0.2, 0.25) is 5.28 Å². The molecule has 0 aliphatic rings. The van der Waals surface area contributed by atoms with Crippen molar-refractivity contribution in [2.75, 3.05) is 0 Å². The monoisotopic (exact) mass is 784 g/mol. The number of hydrogen-bond acceptors (Lipinski definition) is 9. The highest BCUT2D eigenvalue weighted by molar-refractivity contribution is 6.58. The molecular weight excluding hydrogens is 757 g/mol. The van der Waals surface area contributed by atoms with Crippen LogP contribution < -0.4 is 5.46 Å². The van der Waals surface area contributed by atoms with Crippen LogP contribution in [0.25, 0.3) is 61.8 Å². The van der Waals surface area contributed by atoms with Gasteiger partial charge in [-0.25, -0.2) is 33.6 Å². The second-order valence-electron chi connectivity index (χ2n) is 12.0. The van der Waals surface area contributed by atoms with Gasteiger partial charge in [-0.05, 0) is 41.9 Å². The third-order valence-corrected chi connectivity index (χ3v) is 8.26. The average Bonchev–Trinajstić information content (AvgIpc) is 3.28. The van der Waals surface area contributed by atoms with Crippen LogP contribution in [0.4, 0.5) is 14.5 Å². The summed E-state index contributed by atoms with van der Waals surface area (Å²) in [5, 5.41) is 25.9. The van der Waals surface area contributed by atoms with E-state index in [2.05, 4.69) is 34.7 Å². The molecule has 0 spiro atoms. The molecule has 0 unspecified atom stereocenters. The van der Waals surface area contributed by atoms with Gasteiger partial charge in [-0.15, -0.1) is 0 Å². The number of benzene rings is 6. The molecule has 2 N–H and O–H groups in total. The molecule has 0 aliphatic carbocycles. The van der Waals surface area contributed by atoms with Crippen LogP contribution in [0.2, 0.25) is 5.28 Å². The van der Waals surface area contributed by atoms with Gasteiger partial charge < -0.3 is 10.0 Å². The van der Waals surface area contributed by atoms with E-state index in [0.717, 1.165) is 34.4 Å². The summed E-state index contributed by atoms with van der Waals surface area (Å²) >= 11 is 5.99. The van der Waals surface area contributed by atoms with Crippen molar-refractivity contribution in [1.29, 1.82) is 5.26 Å². The molecule has 2 aromatic heterocycles. The van der Waals surface area contributed by atoms with E-state index < -0.39 is 18.8 Å². The average molecular weight is 785 g/mol. The van der Waals surface area contributed by atoms with Crippen LogP contribution in [-0.2, 0) is 0 Å². The fourth-order valence-electron chi connectivity index (χ4n) is 5.28. The summed E-state index contributed by atoms with van der Waals surface area (Å²) in [5.41, 5.74) is 3.87. The smallest absolute Gasteiger partial charge is 0.423 e. The SMILES string of the molecule is Clc1nc(-c2ccccc2)nc(-c2ccccc2)n1.N#Cc1ccc(F)c(B(O)O)c1.[C-]#[N+]c1ccc(F)c(-c2nc(-c3ccccc3)nc(-c3ccccc3)n2)c1. The van der Waals surface area contributed by atoms with Crippen molar-refractivity contribution in [3.8, 4) is 63.0 Å². The van der Waals surface area contributed by atoms with Gasteiger partial charge in [0, 0.05) is 33.3 Å². The summed E-state index contributed by atoms with van der Waals surface area (Å²) in [6.07, 6.45) is 0. The first kappa shape index (κ1) is 40.1. The minimum atomic E-state index is -1.88. The Hall–Kier alpha value is -7.55. The quantitative estimate of drug-likeness (QED) is 0.125. The molecule has 0 radical (unpaired) electrons. The summed E-state index contributed by atoms with van der Waals surface area (Å²) in [7, 11) is -1.88. The Labute approximate surface area is 337 Å². The van der Waals surface area contributed by atoms with E-state index in [1.165, 1.54) is 24.3 Å². The van der Waals surface area contributed by atoms with E-state index in [4.69, 9.17) is 33.5 Å². The Morgan fingerprint density at radius 2 is 0.931 bits per heavy atom. The second-order valence-corrected chi connectivity index (χ2v) is 12.4. The maximum atomic E-state index is 14.5. The van der Waals surface area contributed by atoms with Gasteiger partial charge in [-0.3, -0.25) is 0 Å². The lowest BCUT2D eigenvalue weighted by molar-refractivity contribution is 0.423. The highest BCUT2D eigenvalue weighted by atomic mass is 35.5. The summed E-state index contributed by atoms with van der Waals surface area (Å²) in [4.78, 5) is 29.7. The minimum Gasteiger partial charge on any atom is -0.423 e. The Balaban J connectivity index is 0.000000159. The number of nitriles is 1. The minimum absolute atomic E-state index is 0.181. The van der Waals surface area contributed by atoms with E-state index in [9.17, 15) is 8.78 Å². The van der Waals surface area contributed by atoms with Crippen LogP contribution in [0, 0.1) is 29.5 Å². The predicted octanol–water partition coefficient (Wildman–Crippen LogP) is 8.80. The first-order chi connectivity index (χ1) is 28.2. The maximum Gasteiger partial charge on any atom is 0.491 e. The molecule has 0 aliphatic heterocycles. The van der Waals surface area contributed by atoms with Crippen molar-refractivity contribution in [3.05, 3.63) is 192 Å². The Morgan fingerprint density at radius 3 is 1.33 bits per heavy atom. The molecule has 14 heteroatoms. The van der Waals surface area contributed by atoms with Crippen LogP contribution in [0.1, 0.15) is 5.56 Å². The lowest BCUT2D eigenvalue weighted by Crippen LogP contribution is -2.32. The third-order valence-electron chi connectivity index (χ3n) is 8.09. The van der Waals surface area contributed by atoms with Crippen LogP contribution in [0.5, 0.6) is 0 Å². The molecule has 0 atom stereocenters. The van der Waals surface area contributed by atoms with Crippen LogP contribution >= 0.6 is 11.6 Å². The molecule has 0 amide bonds. The highest BCUT2D eigenvalue weighted by Gasteiger charge is 2.17. The molecule has 6 aromatic carbocycles. The van der Waals surface area contributed by atoms with Crippen molar-refractivity contribution < 1.29 is 18.8 Å². The second kappa shape index (κ2) is 19.4. The molecule has 8 rings (SSSR count). The molecule has 280 valence electrons. The first-order valence-corrected chi connectivity index (χ1v) is 17.7. The van der Waals surface area contributed by atoms with E-state index in [1.807, 2.05) is 121 Å². The Morgan fingerprint density at radius 1 is 0.534 bits per heavy atom. The van der Waals surface area contributed by atoms with Crippen molar-refractivity contribution >= 4 is 29.9 Å². The van der Waals surface area contributed by atoms with Gasteiger partial charge in [0.1, 0.15) is 11.6 Å². The molecule has 8 aromatic rings. The molecule has 0 saturated heterocycles. The van der Waals surface area contributed by atoms with Crippen molar-refractivity contribution in [2.24, 2.45) is 0 Å². The molecule has 0 fully saturated rings. The van der Waals surface area contributed by atoms with Crippen LogP contribution in [0.3, 0.4) is 0 Å². The van der Waals surface area contributed by atoms with Crippen molar-refractivity contribution in [3.63, 3.8) is 0 Å². The van der Waals surface area contributed by atoms with Crippen molar-refractivity contribution in [1.82, 2.24) is 29.9 Å². The fourth-order valence-corrected chi connectivity index (χ4v) is 5.44. The molecule has 0 bridgehead atoms. The first-order valence-electron chi connectivity index (χ1n) is 17.3. The van der Waals surface area contributed by atoms with E-state index in [-0.39, 0.29) is 27.7 Å². The zero-order valence-corrected chi connectivity index (χ0v) is 31.0. The molecule has 2 heterocycles. The Bertz CT molecular complexity index is 2610. The predicted molar refractivity (Wildman–Crippen MR) is 219 cm³/mol. The maximum absolute atomic E-state index is 14.5. The topological polar surface area (TPSA) is 146 Å². The lowest BCUT2D eigenvalue weighted by Gasteiger charge is -2.09. The van der Waals surface area contributed by atoms with Gasteiger partial charge in [-0.2, -0.15) is 15.2 Å². The van der Waals surface area contributed by atoms with Gasteiger partial charge in [0.15, 0.2) is 34.8 Å². The number of aromatic nitrogens is 6. The lowest BCUT2D eigenvalue weighted by atomic mass is 9.79. The Kier molecular flexibility index (Phi) is 13.4. The zero-order valence-electron chi connectivity index (χ0n) is 30.2. The van der Waals surface area contributed by atoms with Crippen molar-refractivity contribution in [2.45, 2.75) is 0 Å². The van der Waals surface area contributed by atoms with E-state index >= 15 is 0 Å². The number of nitrogens with zero attached hydrogens (tertiary/aromatic N) is 8. The molecule has 0 saturated carbocycles. The summed E-state index contributed by atoms with van der Waals surface area (Å²) in [5.74, 6) is 1.05.